The highest BCUT2D eigenvalue weighted by Crippen LogP contribution is 2.28. The van der Waals surface area contributed by atoms with Gasteiger partial charge < -0.3 is 24.5 Å². The molecule has 0 bridgehead atoms. The molecule has 0 aliphatic carbocycles. The number of benzene rings is 4. The molecule has 0 radical (unpaired) electrons. The van der Waals surface area contributed by atoms with E-state index < -0.39 is 0 Å². The zero-order valence-electron chi connectivity index (χ0n) is 20.1. The maximum Gasteiger partial charge on any atom is 0.259 e. The average Bonchev–Trinajstić information content (AvgIpc) is 3.36. The summed E-state index contributed by atoms with van der Waals surface area (Å²) in [6, 6.07) is 26.5. The van der Waals surface area contributed by atoms with Crippen molar-refractivity contribution in [2.45, 2.75) is 0 Å². The van der Waals surface area contributed by atoms with E-state index in [9.17, 15) is 9.59 Å². The Morgan fingerprint density at radius 2 is 1.24 bits per heavy atom. The minimum absolute atomic E-state index is 0.269. The monoisotopic (exact) mass is 493 g/mol. The van der Waals surface area contributed by atoms with Gasteiger partial charge in [-0.05, 0) is 66.7 Å². The average molecular weight is 494 g/mol. The first kappa shape index (κ1) is 23.6. The van der Waals surface area contributed by atoms with Crippen molar-refractivity contribution in [1.82, 2.24) is 4.98 Å². The van der Waals surface area contributed by atoms with Crippen molar-refractivity contribution < 1.29 is 23.5 Å². The summed E-state index contributed by atoms with van der Waals surface area (Å²) < 4.78 is 16.4. The lowest BCUT2D eigenvalue weighted by atomic mass is 10.1. The molecule has 0 aliphatic heterocycles. The molecule has 4 aromatic carbocycles. The SMILES string of the molecule is COc1ccccc1C(=O)Nc1ccc(-c2nc3cc(NC(=O)c4ccccc4OC)ccc3o2)cc1. The minimum atomic E-state index is -0.286. The number of carbonyl (C=O) groups excluding carboxylic acids is 2. The first-order chi connectivity index (χ1) is 18.1. The summed E-state index contributed by atoms with van der Waals surface area (Å²) in [6.45, 7) is 0. The van der Waals surface area contributed by atoms with Crippen LogP contribution in [0.25, 0.3) is 22.6 Å². The van der Waals surface area contributed by atoms with Gasteiger partial charge in [0, 0.05) is 16.9 Å². The molecule has 0 fully saturated rings. The largest absolute Gasteiger partial charge is 0.496 e. The summed E-state index contributed by atoms with van der Waals surface area (Å²) >= 11 is 0. The summed E-state index contributed by atoms with van der Waals surface area (Å²) in [5.74, 6) is 0.862. The molecule has 0 saturated carbocycles. The van der Waals surface area contributed by atoms with Crippen LogP contribution in [0.15, 0.2) is 95.4 Å². The topological polar surface area (TPSA) is 103 Å². The van der Waals surface area contributed by atoms with Crippen LogP contribution in [-0.2, 0) is 0 Å². The van der Waals surface area contributed by atoms with Gasteiger partial charge in [0.1, 0.15) is 17.0 Å². The van der Waals surface area contributed by atoms with Gasteiger partial charge in [-0.2, -0.15) is 0 Å². The molecule has 1 heterocycles. The van der Waals surface area contributed by atoms with Crippen LogP contribution in [0.3, 0.4) is 0 Å². The van der Waals surface area contributed by atoms with E-state index in [4.69, 9.17) is 13.9 Å². The number of hydrogen-bond donors (Lipinski definition) is 2. The lowest BCUT2D eigenvalue weighted by molar-refractivity contribution is 0.101. The normalized spacial score (nSPS) is 10.6. The van der Waals surface area contributed by atoms with Gasteiger partial charge in [0.05, 0.1) is 25.3 Å². The number of nitrogens with one attached hydrogen (secondary N) is 2. The molecule has 0 unspecified atom stereocenters. The molecule has 0 aliphatic rings. The second kappa shape index (κ2) is 10.2. The molecule has 0 spiro atoms. The van der Waals surface area contributed by atoms with Crippen LogP contribution >= 0.6 is 0 Å². The minimum Gasteiger partial charge on any atom is -0.496 e. The van der Waals surface area contributed by atoms with E-state index in [-0.39, 0.29) is 11.8 Å². The Bertz CT molecular complexity index is 1590. The van der Waals surface area contributed by atoms with Crippen molar-refractivity contribution in [2.75, 3.05) is 24.9 Å². The summed E-state index contributed by atoms with van der Waals surface area (Å²) in [5.41, 5.74) is 4.01. The first-order valence-corrected chi connectivity index (χ1v) is 11.5. The van der Waals surface area contributed by atoms with Crippen LogP contribution in [-0.4, -0.2) is 31.0 Å². The number of methoxy groups -OCH3 is 2. The summed E-state index contributed by atoms with van der Waals surface area (Å²) in [5, 5.41) is 5.74. The van der Waals surface area contributed by atoms with Gasteiger partial charge in [0.2, 0.25) is 5.89 Å². The Morgan fingerprint density at radius 1 is 0.703 bits per heavy atom. The summed E-state index contributed by atoms with van der Waals surface area (Å²) in [6.07, 6.45) is 0. The highest BCUT2D eigenvalue weighted by atomic mass is 16.5. The van der Waals surface area contributed by atoms with E-state index >= 15 is 0 Å². The molecule has 0 saturated heterocycles. The van der Waals surface area contributed by atoms with Crippen LogP contribution in [0.5, 0.6) is 11.5 Å². The number of amides is 2. The highest BCUT2D eigenvalue weighted by molar-refractivity contribution is 6.07. The fraction of sp³-hybridized carbons (Fsp3) is 0.0690. The maximum atomic E-state index is 12.7. The van der Waals surface area contributed by atoms with Crippen molar-refractivity contribution >= 4 is 34.3 Å². The smallest absolute Gasteiger partial charge is 0.259 e. The van der Waals surface area contributed by atoms with Crippen molar-refractivity contribution in [2.24, 2.45) is 0 Å². The number of ether oxygens (including phenoxy) is 2. The Kier molecular flexibility index (Phi) is 6.54. The molecular weight excluding hydrogens is 470 g/mol. The third kappa shape index (κ3) is 4.99. The van der Waals surface area contributed by atoms with Gasteiger partial charge in [-0.25, -0.2) is 4.98 Å². The van der Waals surface area contributed by atoms with Crippen molar-refractivity contribution in [3.05, 3.63) is 102 Å². The molecule has 37 heavy (non-hydrogen) atoms. The predicted molar refractivity (Wildman–Crippen MR) is 141 cm³/mol. The van der Waals surface area contributed by atoms with Crippen LogP contribution in [0.4, 0.5) is 11.4 Å². The molecule has 1 aromatic heterocycles. The zero-order valence-corrected chi connectivity index (χ0v) is 20.1. The van der Waals surface area contributed by atoms with Crippen LogP contribution in [0.2, 0.25) is 0 Å². The molecular formula is C29H23N3O5. The van der Waals surface area contributed by atoms with E-state index in [1.54, 1.807) is 72.8 Å². The Morgan fingerprint density at radius 3 is 1.84 bits per heavy atom. The third-order valence-electron chi connectivity index (χ3n) is 5.74. The number of carbonyl (C=O) groups is 2. The van der Waals surface area contributed by atoms with E-state index in [1.807, 2.05) is 18.2 Å². The third-order valence-corrected chi connectivity index (χ3v) is 5.74. The van der Waals surface area contributed by atoms with E-state index in [0.717, 1.165) is 5.56 Å². The zero-order chi connectivity index (χ0) is 25.8. The van der Waals surface area contributed by atoms with Crippen molar-refractivity contribution in [1.29, 1.82) is 0 Å². The molecule has 0 atom stereocenters. The highest BCUT2D eigenvalue weighted by Gasteiger charge is 2.15. The van der Waals surface area contributed by atoms with Crippen LogP contribution in [0, 0.1) is 0 Å². The number of oxazole rings is 1. The number of para-hydroxylation sites is 2. The summed E-state index contributed by atoms with van der Waals surface area (Å²) in [7, 11) is 3.05. The molecule has 5 rings (SSSR count). The second-order valence-corrected chi connectivity index (χ2v) is 8.09. The number of rotatable bonds is 7. The molecule has 5 aromatic rings. The number of anilines is 2. The van der Waals surface area contributed by atoms with Gasteiger partial charge in [-0.15, -0.1) is 0 Å². The van der Waals surface area contributed by atoms with Gasteiger partial charge in [0.25, 0.3) is 11.8 Å². The first-order valence-electron chi connectivity index (χ1n) is 11.5. The van der Waals surface area contributed by atoms with Crippen molar-refractivity contribution in [3.8, 4) is 23.0 Å². The quantitative estimate of drug-likeness (QED) is 0.288. The fourth-order valence-corrected chi connectivity index (χ4v) is 3.89. The molecule has 8 nitrogen and oxygen atoms in total. The standard InChI is InChI=1S/C29H23N3O5/c1-35-24-9-5-3-7-21(24)27(33)30-19-13-11-18(12-14-19)29-32-23-17-20(15-16-26(23)37-29)31-28(34)22-8-4-6-10-25(22)36-2/h3-17H,1-2H3,(H,30,33)(H,31,34). The van der Waals surface area contributed by atoms with Gasteiger partial charge in [-0.3, -0.25) is 9.59 Å². The Hall–Kier alpha value is -5.11. The van der Waals surface area contributed by atoms with Crippen molar-refractivity contribution in [3.63, 3.8) is 0 Å². The molecule has 184 valence electrons. The molecule has 2 N–H and O–H groups in total. The van der Waals surface area contributed by atoms with Crippen LogP contribution in [0.1, 0.15) is 20.7 Å². The van der Waals surface area contributed by atoms with Gasteiger partial charge in [0.15, 0.2) is 5.58 Å². The summed E-state index contributed by atoms with van der Waals surface area (Å²) in [4.78, 5) is 29.9. The molecule has 8 heteroatoms. The number of nitrogens with zero attached hydrogens (tertiary/aromatic N) is 1. The fourth-order valence-electron chi connectivity index (χ4n) is 3.89. The lowest BCUT2D eigenvalue weighted by Crippen LogP contribution is -2.13. The maximum absolute atomic E-state index is 12.7. The Labute approximate surface area is 212 Å². The van der Waals surface area contributed by atoms with Gasteiger partial charge in [-0.1, -0.05) is 24.3 Å². The number of aromatic nitrogens is 1. The lowest BCUT2D eigenvalue weighted by Gasteiger charge is -2.09. The van der Waals surface area contributed by atoms with Crippen LogP contribution < -0.4 is 20.1 Å². The van der Waals surface area contributed by atoms with E-state index in [2.05, 4.69) is 15.6 Å². The second-order valence-electron chi connectivity index (χ2n) is 8.09. The van der Waals surface area contributed by atoms with Gasteiger partial charge >= 0.3 is 0 Å². The number of hydrogen-bond acceptors (Lipinski definition) is 6. The number of fused-ring (bicyclic) bond motifs is 1. The molecule has 2 amide bonds. The Balaban J connectivity index is 1.31. The van der Waals surface area contributed by atoms with E-state index in [0.29, 0.717) is 51.0 Å². The predicted octanol–water partition coefficient (Wildman–Crippen LogP) is 6.02. The van der Waals surface area contributed by atoms with E-state index in [1.165, 1.54) is 14.2 Å².